The summed E-state index contributed by atoms with van der Waals surface area (Å²) < 4.78 is 0. The number of oxime groups is 2. The summed E-state index contributed by atoms with van der Waals surface area (Å²) in [5.41, 5.74) is 6.48. The summed E-state index contributed by atoms with van der Waals surface area (Å²) in [6, 6.07) is 10.1. The quantitative estimate of drug-likeness (QED) is 0.508. The van der Waals surface area contributed by atoms with Crippen LogP contribution >= 0.6 is 0 Å². The van der Waals surface area contributed by atoms with Gasteiger partial charge in [0, 0.05) is 16.8 Å². The van der Waals surface area contributed by atoms with Gasteiger partial charge >= 0.3 is 0 Å². The number of aromatic nitrogens is 2. The Labute approximate surface area is 173 Å². The molecule has 2 heterocycles. The highest BCUT2D eigenvalue weighted by molar-refractivity contribution is 6.00. The summed E-state index contributed by atoms with van der Waals surface area (Å²) in [6.07, 6.45) is 3.02. The van der Waals surface area contributed by atoms with Crippen LogP contribution in [-0.4, -0.2) is 34.6 Å². The highest BCUT2D eigenvalue weighted by Crippen LogP contribution is 2.22. The van der Waals surface area contributed by atoms with Crippen molar-refractivity contribution in [1.29, 1.82) is 0 Å². The van der Waals surface area contributed by atoms with Crippen LogP contribution in [0, 0.1) is 19.3 Å². The Balaban J connectivity index is 1.55. The Bertz CT molecular complexity index is 919. The second-order valence-electron chi connectivity index (χ2n) is 8.40. The summed E-state index contributed by atoms with van der Waals surface area (Å²) in [5.74, 6) is 0. The van der Waals surface area contributed by atoms with Crippen molar-refractivity contribution in [3.63, 3.8) is 0 Å². The van der Waals surface area contributed by atoms with Gasteiger partial charge in [-0.2, -0.15) is 0 Å². The maximum atomic E-state index is 5.70. The van der Waals surface area contributed by atoms with Gasteiger partial charge in [-0.1, -0.05) is 36.3 Å². The van der Waals surface area contributed by atoms with Crippen molar-refractivity contribution >= 4 is 11.4 Å². The van der Waals surface area contributed by atoms with Gasteiger partial charge in [0.1, 0.15) is 24.6 Å². The van der Waals surface area contributed by atoms with Crippen LogP contribution in [0.1, 0.15) is 62.0 Å². The van der Waals surface area contributed by atoms with Crippen molar-refractivity contribution in [2.24, 2.45) is 15.7 Å². The highest BCUT2D eigenvalue weighted by atomic mass is 16.6. The third-order valence-electron chi connectivity index (χ3n) is 4.80. The molecule has 0 amide bonds. The summed E-state index contributed by atoms with van der Waals surface area (Å²) in [6.45, 7) is 10.9. The van der Waals surface area contributed by atoms with E-state index in [0.717, 1.165) is 53.5 Å². The Morgan fingerprint density at radius 1 is 1.00 bits per heavy atom. The Hall–Kier alpha value is -2.76. The molecule has 0 fully saturated rings. The number of rotatable bonds is 7. The van der Waals surface area contributed by atoms with Gasteiger partial charge < -0.3 is 9.68 Å². The molecule has 6 nitrogen and oxygen atoms in total. The van der Waals surface area contributed by atoms with Gasteiger partial charge in [0.25, 0.3) is 0 Å². The molecule has 0 atom stereocenters. The minimum Gasteiger partial charge on any atom is -0.395 e. The molecule has 0 aliphatic heterocycles. The number of hydrogen-bond donors (Lipinski definition) is 0. The van der Waals surface area contributed by atoms with Gasteiger partial charge in [0.05, 0.1) is 11.4 Å². The topological polar surface area (TPSA) is 69.0 Å². The molecule has 1 aliphatic rings. The Kier molecular flexibility index (Phi) is 6.62. The third-order valence-corrected chi connectivity index (χ3v) is 4.80. The van der Waals surface area contributed by atoms with Gasteiger partial charge in [-0.05, 0) is 63.8 Å². The maximum Gasteiger partial charge on any atom is 0.125 e. The summed E-state index contributed by atoms with van der Waals surface area (Å²) in [4.78, 5) is 20.4. The predicted molar refractivity (Wildman–Crippen MR) is 115 cm³/mol. The fourth-order valence-electron chi connectivity index (χ4n) is 3.11. The molecular formula is C23H30N4O2. The first kappa shape index (κ1) is 21.0. The Morgan fingerprint density at radius 2 is 1.76 bits per heavy atom. The first-order valence-corrected chi connectivity index (χ1v) is 10.1. The number of hydrogen-bond acceptors (Lipinski definition) is 6. The zero-order valence-electron chi connectivity index (χ0n) is 18.0. The van der Waals surface area contributed by atoms with Crippen molar-refractivity contribution in [3.05, 3.63) is 58.7 Å². The number of fused-ring (bicyclic) bond motifs is 1. The van der Waals surface area contributed by atoms with Crippen LogP contribution in [0.3, 0.4) is 0 Å². The van der Waals surface area contributed by atoms with E-state index in [0.29, 0.717) is 13.2 Å². The lowest BCUT2D eigenvalue weighted by atomic mass is 9.94. The number of pyridine rings is 2. The average molecular weight is 395 g/mol. The van der Waals surface area contributed by atoms with Crippen LogP contribution in [0.5, 0.6) is 0 Å². The first-order chi connectivity index (χ1) is 13.8. The van der Waals surface area contributed by atoms with Crippen LogP contribution in [0.25, 0.3) is 0 Å². The zero-order valence-corrected chi connectivity index (χ0v) is 18.0. The van der Waals surface area contributed by atoms with Crippen LogP contribution in [0.15, 0.2) is 40.6 Å². The molecule has 29 heavy (non-hydrogen) atoms. The fraction of sp³-hybridized carbons (Fsp3) is 0.478. The van der Waals surface area contributed by atoms with Crippen LogP contribution in [0.2, 0.25) is 0 Å². The van der Waals surface area contributed by atoms with Crippen molar-refractivity contribution in [1.82, 2.24) is 9.97 Å². The smallest absolute Gasteiger partial charge is 0.125 e. The molecule has 6 heteroatoms. The van der Waals surface area contributed by atoms with E-state index >= 15 is 0 Å². The normalized spacial score (nSPS) is 15.9. The van der Waals surface area contributed by atoms with Crippen molar-refractivity contribution in [2.75, 3.05) is 13.2 Å². The van der Waals surface area contributed by atoms with E-state index in [1.807, 2.05) is 39.0 Å². The second kappa shape index (κ2) is 9.16. The monoisotopic (exact) mass is 394 g/mol. The van der Waals surface area contributed by atoms with Gasteiger partial charge in [-0.25, -0.2) is 0 Å². The molecule has 0 N–H and O–H groups in total. The Morgan fingerprint density at radius 3 is 2.55 bits per heavy atom. The van der Waals surface area contributed by atoms with E-state index < -0.39 is 0 Å². The largest absolute Gasteiger partial charge is 0.395 e. The molecule has 2 aromatic heterocycles. The third kappa shape index (κ3) is 5.86. The molecule has 1 aliphatic carbocycles. The van der Waals surface area contributed by atoms with Crippen LogP contribution in [-0.2, 0) is 16.1 Å². The van der Waals surface area contributed by atoms with Crippen LogP contribution in [0.4, 0.5) is 0 Å². The molecule has 154 valence electrons. The molecule has 3 rings (SSSR count). The molecular weight excluding hydrogens is 364 g/mol. The fourth-order valence-corrected chi connectivity index (χ4v) is 3.11. The molecule has 0 saturated carbocycles. The van der Waals surface area contributed by atoms with E-state index in [-0.39, 0.29) is 5.41 Å². The van der Waals surface area contributed by atoms with Crippen molar-refractivity contribution in [3.8, 4) is 0 Å². The minimum absolute atomic E-state index is 0.231. The molecule has 0 spiro atoms. The molecule has 0 bridgehead atoms. The van der Waals surface area contributed by atoms with E-state index in [1.165, 1.54) is 5.56 Å². The highest BCUT2D eigenvalue weighted by Gasteiger charge is 2.22. The van der Waals surface area contributed by atoms with Gasteiger partial charge in [0.15, 0.2) is 0 Å². The SMILES string of the molecule is C/C(=N\OCC(C)(C)CO/N=C1/CCCc2ccc(C)nc21)c1cccc(C)n1. The van der Waals surface area contributed by atoms with Crippen molar-refractivity contribution in [2.45, 2.75) is 53.9 Å². The number of nitrogens with zero attached hydrogens (tertiary/aromatic N) is 4. The predicted octanol–water partition coefficient (Wildman–Crippen LogP) is 4.62. The summed E-state index contributed by atoms with van der Waals surface area (Å²) in [5, 5.41) is 8.61. The molecule has 0 unspecified atom stereocenters. The second-order valence-corrected chi connectivity index (χ2v) is 8.40. The van der Waals surface area contributed by atoms with E-state index in [9.17, 15) is 0 Å². The maximum absolute atomic E-state index is 5.70. The lowest BCUT2D eigenvalue weighted by Gasteiger charge is -2.22. The lowest BCUT2D eigenvalue weighted by molar-refractivity contribution is -0.000159. The van der Waals surface area contributed by atoms with Gasteiger partial charge in [0.2, 0.25) is 0 Å². The average Bonchev–Trinajstić information content (AvgIpc) is 2.68. The van der Waals surface area contributed by atoms with Gasteiger partial charge in [-0.15, -0.1) is 0 Å². The summed E-state index contributed by atoms with van der Waals surface area (Å²) >= 11 is 0. The zero-order chi connectivity index (χ0) is 20.9. The van der Waals surface area contributed by atoms with E-state index in [4.69, 9.17) is 9.68 Å². The summed E-state index contributed by atoms with van der Waals surface area (Å²) in [7, 11) is 0. The molecule has 0 aromatic carbocycles. The van der Waals surface area contributed by atoms with Crippen LogP contribution < -0.4 is 0 Å². The molecule has 0 saturated heterocycles. The molecule has 2 aromatic rings. The lowest BCUT2D eigenvalue weighted by Crippen LogP contribution is -2.24. The van der Waals surface area contributed by atoms with E-state index in [2.05, 4.69) is 46.3 Å². The van der Waals surface area contributed by atoms with Gasteiger partial charge in [-0.3, -0.25) is 9.97 Å². The van der Waals surface area contributed by atoms with E-state index in [1.54, 1.807) is 0 Å². The first-order valence-electron chi connectivity index (χ1n) is 10.1. The standard InChI is InChI=1S/C23H30N4O2/c1-16-8-6-10-20(24-16)18(3)26-28-14-23(4,5)15-29-27-21-11-7-9-19-13-12-17(2)25-22(19)21/h6,8,10,12-13H,7,9,11,14-15H2,1-5H3/b26-18+,27-21-. The molecule has 0 radical (unpaired) electrons. The number of aryl methyl sites for hydroxylation is 3. The van der Waals surface area contributed by atoms with Crippen molar-refractivity contribution < 1.29 is 9.68 Å². The minimum atomic E-state index is -0.231.